The van der Waals surface area contributed by atoms with Crippen molar-refractivity contribution in [1.82, 2.24) is 0 Å². The molecule has 0 aromatic carbocycles. The number of hydrogen-bond acceptors (Lipinski definition) is 4. The lowest BCUT2D eigenvalue weighted by atomic mass is 9.98. The van der Waals surface area contributed by atoms with Crippen molar-refractivity contribution in [1.29, 1.82) is 0 Å². The Balaban J connectivity index is 3.80. The van der Waals surface area contributed by atoms with Gasteiger partial charge in [-0.25, -0.2) is 8.42 Å². The number of aliphatic hydroxyl groups is 2. The minimum Gasteiger partial charge on any atom is -0.390 e. The summed E-state index contributed by atoms with van der Waals surface area (Å²) >= 11 is 0. The van der Waals surface area contributed by atoms with Crippen molar-refractivity contribution in [2.24, 2.45) is 0 Å². The molecular formula is C8H18O4S. The summed E-state index contributed by atoms with van der Waals surface area (Å²) in [6.45, 7) is 3.00. The Kier molecular flexibility index (Phi) is 4.35. The molecule has 0 rings (SSSR count). The highest BCUT2D eigenvalue weighted by Gasteiger charge is 2.23. The Bertz CT molecular complexity index is 237. The minimum absolute atomic E-state index is 0.0557. The fraction of sp³-hybridized carbons (Fsp3) is 1.00. The largest absolute Gasteiger partial charge is 0.390 e. The van der Waals surface area contributed by atoms with Crippen LogP contribution in [-0.2, 0) is 9.84 Å². The van der Waals surface area contributed by atoms with E-state index in [1.807, 2.05) is 0 Å². The first-order valence-electron chi connectivity index (χ1n) is 4.21. The van der Waals surface area contributed by atoms with Crippen LogP contribution in [-0.4, -0.2) is 42.3 Å². The van der Waals surface area contributed by atoms with E-state index in [4.69, 9.17) is 0 Å². The predicted octanol–water partition coefficient (Wildman–Crippen LogP) is -0.0570. The summed E-state index contributed by atoms with van der Waals surface area (Å²) in [5.41, 5.74) is -1.16. The molecule has 4 nitrogen and oxygen atoms in total. The third-order valence-electron chi connectivity index (χ3n) is 1.81. The van der Waals surface area contributed by atoms with Crippen LogP contribution in [0, 0.1) is 0 Å². The van der Waals surface area contributed by atoms with Gasteiger partial charge in [-0.1, -0.05) is 0 Å². The molecule has 0 radical (unpaired) electrons. The molecule has 80 valence electrons. The first kappa shape index (κ1) is 12.9. The Morgan fingerprint density at radius 1 is 1.38 bits per heavy atom. The molecule has 0 aliphatic heterocycles. The van der Waals surface area contributed by atoms with Gasteiger partial charge in [0.05, 0.1) is 11.7 Å². The Hall–Kier alpha value is -0.130. The molecule has 0 aliphatic rings. The lowest BCUT2D eigenvalue weighted by molar-refractivity contribution is -0.0513. The van der Waals surface area contributed by atoms with Gasteiger partial charge in [0.15, 0.2) is 0 Å². The van der Waals surface area contributed by atoms with E-state index >= 15 is 0 Å². The van der Waals surface area contributed by atoms with Crippen molar-refractivity contribution in [2.75, 3.05) is 12.0 Å². The van der Waals surface area contributed by atoms with Crippen LogP contribution < -0.4 is 0 Å². The normalized spacial score (nSPS) is 15.8. The SMILES string of the molecule is CC(C)(O)C(O)CCCS(C)(=O)=O. The van der Waals surface area contributed by atoms with Crippen LogP contribution in [0.5, 0.6) is 0 Å². The second kappa shape index (κ2) is 4.39. The second-order valence-electron chi connectivity index (χ2n) is 3.94. The van der Waals surface area contributed by atoms with Gasteiger partial charge in [0.2, 0.25) is 0 Å². The van der Waals surface area contributed by atoms with E-state index in [9.17, 15) is 18.6 Å². The van der Waals surface area contributed by atoms with E-state index < -0.39 is 21.5 Å². The van der Waals surface area contributed by atoms with E-state index in [0.717, 1.165) is 6.26 Å². The Labute approximate surface area is 79.5 Å². The van der Waals surface area contributed by atoms with Crippen LogP contribution in [0.4, 0.5) is 0 Å². The maximum absolute atomic E-state index is 10.7. The molecule has 0 aromatic rings. The van der Waals surface area contributed by atoms with Crippen LogP contribution in [0.1, 0.15) is 26.7 Å². The van der Waals surface area contributed by atoms with Crippen molar-refractivity contribution < 1.29 is 18.6 Å². The zero-order valence-corrected chi connectivity index (χ0v) is 9.13. The van der Waals surface area contributed by atoms with Crippen LogP contribution in [0.25, 0.3) is 0 Å². The summed E-state index contributed by atoms with van der Waals surface area (Å²) in [6, 6.07) is 0. The summed E-state index contributed by atoms with van der Waals surface area (Å²) in [6.07, 6.45) is 0.971. The van der Waals surface area contributed by atoms with Gasteiger partial charge in [-0.3, -0.25) is 0 Å². The summed E-state index contributed by atoms with van der Waals surface area (Å²) < 4.78 is 21.4. The van der Waals surface area contributed by atoms with Crippen molar-refractivity contribution in [2.45, 2.75) is 38.4 Å². The van der Waals surface area contributed by atoms with Crippen LogP contribution in [0.3, 0.4) is 0 Å². The van der Waals surface area contributed by atoms with E-state index in [0.29, 0.717) is 12.8 Å². The first-order chi connectivity index (χ1) is 5.63. The monoisotopic (exact) mass is 210 g/mol. The highest BCUT2D eigenvalue weighted by atomic mass is 32.2. The third kappa shape index (κ3) is 6.98. The van der Waals surface area contributed by atoms with Gasteiger partial charge in [-0.15, -0.1) is 0 Å². The van der Waals surface area contributed by atoms with E-state index in [1.165, 1.54) is 13.8 Å². The highest BCUT2D eigenvalue weighted by Crippen LogP contribution is 2.13. The average molecular weight is 210 g/mol. The lowest BCUT2D eigenvalue weighted by Crippen LogP contribution is -2.35. The molecule has 2 N–H and O–H groups in total. The van der Waals surface area contributed by atoms with E-state index in [-0.39, 0.29) is 5.75 Å². The first-order valence-corrected chi connectivity index (χ1v) is 6.27. The zero-order valence-electron chi connectivity index (χ0n) is 8.32. The fourth-order valence-electron chi connectivity index (χ4n) is 0.892. The molecule has 0 heterocycles. The predicted molar refractivity (Wildman–Crippen MR) is 51.2 cm³/mol. The minimum atomic E-state index is -2.96. The molecule has 0 saturated carbocycles. The molecule has 0 aromatic heterocycles. The molecule has 1 unspecified atom stereocenters. The molecule has 0 spiro atoms. The molecule has 13 heavy (non-hydrogen) atoms. The fourth-order valence-corrected chi connectivity index (χ4v) is 1.58. The maximum atomic E-state index is 10.7. The molecule has 0 saturated heterocycles. The van der Waals surface area contributed by atoms with Gasteiger partial charge in [0, 0.05) is 12.0 Å². The van der Waals surface area contributed by atoms with Crippen molar-refractivity contribution in [3.63, 3.8) is 0 Å². The van der Waals surface area contributed by atoms with Crippen molar-refractivity contribution in [3.05, 3.63) is 0 Å². The standard InChI is InChI=1S/C8H18O4S/c1-8(2,10)7(9)5-4-6-13(3,11)12/h7,9-10H,4-6H2,1-3H3. The van der Waals surface area contributed by atoms with Gasteiger partial charge in [0.1, 0.15) is 9.84 Å². The maximum Gasteiger partial charge on any atom is 0.147 e. The van der Waals surface area contributed by atoms with Crippen LogP contribution in [0.15, 0.2) is 0 Å². The van der Waals surface area contributed by atoms with Crippen molar-refractivity contribution >= 4 is 9.84 Å². The van der Waals surface area contributed by atoms with Crippen LogP contribution >= 0.6 is 0 Å². The summed E-state index contributed by atoms with van der Waals surface area (Å²) in [4.78, 5) is 0. The molecular weight excluding hydrogens is 192 g/mol. The van der Waals surface area contributed by atoms with E-state index in [1.54, 1.807) is 0 Å². The molecule has 0 bridgehead atoms. The zero-order chi connectivity index (χ0) is 10.7. The molecule has 0 fully saturated rings. The smallest absolute Gasteiger partial charge is 0.147 e. The topological polar surface area (TPSA) is 74.6 Å². The second-order valence-corrected chi connectivity index (χ2v) is 6.20. The quantitative estimate of drug-likeness (QED) is 0.667. The lowest BCUT2D eigenvalue weighted by Gasteiger charge is -2.24. The molecule has 5 heteroatoms. The molecule has 0 aliphatic carbocycles. The van der Waals surface area contributed by atoms with Gasteiger partial charge >= 0.3 is 0 Å². The Morgan fingerprint density at radius 2 is 1.85 bits per heavy atom. The molecule has 0 amide bonds. The number of rotatable bonds is 5. The summed E-state index contributed by atoms with van der Waals surface area (Å²) in [5.74, 6) is 0.0557. The number of hydrogen-bond donors (Lipinski definition) is 2. The number of aliphatic hydroxyl groups excluding tert-OH is 1. The summed E-state index contributed by atoms with van der Waals surface area (Å²) in [5, 5.41) is 18.7. The average Bonchev–Trinajstić information content (AvgIpc) is 1.82. The van der Waals surface area contributed by atoms with Gasteiger partial charge < -0.3 is 10.2 Å². The summed E-state index contributed by atoms with van der Waals surface area (Å²) in [7, 11) is -2.96. The van der Waals surface area contributed by atoms with Crippen molar-refractivity contribution in [3.8, 4) is 0 Å². The number of sulfone groups is 1. The van der Waals surface area contributed by atoms with Crippen LogP contribution in [0.2, 0.25) is 0 Å². The van der Waals surface area contributed by atoms with Gasteiger partial charge in [-0.05, 0) is 26.7 Å². The highest BCUT2D eigenvalue weighted by molar-refractivity contribution is 7.90. The van der Waals surface area contributed by atoms with Gasteiger partial charge in [0.25, 0.3) is 0 Å². The Morgan fingerprint density at radius 3 is 2.15 bits per heavy atom. The van der Waals surface area contributed by atoms with E-state index in [2.05, 4.69) is 0 Å². The molecule has 1 atom stereocenters. The van der Waals surface area contributed by atoms with Gasteiger partial charge in [-0.2, -0.15) is 0 Å². The third-order valence-corrected chi connectivity index (χ3v) is 2.84.